The van der Waals surface area contributed by atoms with Gasteiger partial charge in [-0.05, 0) is 48.5 Å². The monoisotopic (exact) mass is 452 g/mol. The third-order valence-corrected chi connectivity index (χ3v) is 4.43. The molecule has 1 amide bonds. The Morgan fingerprint density at radius 3 is 2.73 bits per heavy atom. The van der Waals surface area contributed by atoms with E-state index >= 15 is 0 Å². The molecule has 0 aliphatic carbocycles. The molecular formula is C18H11BrCl2N2O3. The van der Waals surface area contributed by atoms with E-state index in [1.165, 1.54) is 18.3 Å². The van der Waals surface area contributed by atoms with Crippen molar-refractivity contribution in [3.63, 3.8) is 0 Å². The Bertz CT molecular complexity index is 1000. The molecule has 0 saturated carbocycles. The summed E-state index contributed by atoms with van der Waals surface area (Å²) in [6, 6.07) is 13.0. The topological polar surface area (TPSA) is 74.8 Å². The number of nitrogens with zero attached hydrogens (tertiary/aromatic N) is 1. The molecule has 0 fully saturated rings. The molecule has 8 heteroatoms. The van der Waals surface area contributed by atoms with Crippen LogP contribution >= 0.6 is 39.1 Å². The summed E-state index contributed by atoms with van der Waals surface area (Å²) >= 11 is 15.3. The van der Waals surface area contributed by atoms with Crippen molar-refractivity contribution in [3.05, 3.63) is 74.4 Å². The van der Waals surface area contributed by atoms with Crippen LogP contribution in [0.3, 0.4) is 0 Å². The predicted octanol–water partition coefficient (Wildman–Crippen LogP) is 5.49. The van der Waals surface area contributed by atoms with E-state index in [0.29, 0.717) is 31.6 Å². The lowest BCUT2D eigenvalue weighted by molar-refractivity contribution is 0.0952. The minimum Gasteiger partial charge on any atom is -0.507 e. The highest BCUT2D eigenvalue weighted by Gasteiger charge is 2.11. The molecule has 0 radical (unpaired) electrons. The number of amides is 1. The van der Waals surface area contributed by atoms with E-state index in [2.05, 4.69) is 26.5 Å². The number of hydrogen-bond acceptors (Lipinski definition) is 4. The van der Waals surface area contributed by atoms with Crippen LogP contribution in [0.25, 0.3) is 11.3 Å². The highest BCUT2D eigenvalue weighted by Crippen LogP contribution is 2.31. The third kappa shape index (κ3) is 4.27. The zero-order valence-electron chi connectivity index (χ0n) is 13.0. The maximum Gasteiger partial charge on any atom is 0.275 e. The van der Waals surface area contributed by atoms with Crippen molar-refractivity contribution in [3.8, 4) is 17.1 Å². The Hall–Kier alpha value is -2.28. The van der Waals surface area contributed by atoms with E-state index in [-0.39, 0.29) is 11.3 Å². The van der Waals surface area contributed by atoms with Gasteiger partial charge in [0.25, 0.3) is 5.91 Å². The first-order valence-corrected chi connectivity index (χ1v) is 8.86. The third-order valence-electron chi connectivity index (χ3n) is 3.38. The zero-order chi connectivity index (χ0) is 18.7. The van der Waals surface area contributed by atoms with Crippen molar-refractivity contribution >= 4 is 51.3 Å². The molecule has 0 atom stereocenters. The Morgan fingerprint density at radius 1 is 1.15 bits per heavy atom. The van der Waals surface area contributed by atoms with Crippen molar-refractivity contribution in [1.29, 1.82) is 0 Å². The van der Waals surface area contributed by atoms with Gasteiger partial charge in [0.05, 0.1) is 16.8 Å². The minimum atomic E-state index is -0.549. The molecule has 1 heterocycles. The summed E-state index contributed by atoms with van der Waals surface area (Å²) in [6.45, 7) is 0. The molecule has 3 rings (SSSR count). The first-order valence-electron chi connectivity index (χ1n) is 7.31. The molecule has 0 saturated heterocycles. The lowest BCUT2D eigenvalue weighted by atomic mass is 10.2. The van der Waals surface area contributed by atoms with Crippen LogP contribution in [0.1, 0.15) is 16.1 Å². The number of halogens is 3. The molecule has 0 aliphatic heterocycles. The molecule has 0 aliphatic rings. The van der Waals surface area contributed by atoms with Crippen molar-refractivity contribution in [2.24, 2.45) is 5.10 Å². The SMILES string of the molecule is O=C(N/N=C/c1ccc(-c2ccc(Cl)cc2Cl)o1)c1cc(Br)ccc1O. The van der Waals surface area contributed by atoms with Crippen LogP contribution < -0.4 is 5.43 Å². The summed E-state index contributed by atoms with van der Waals surface area (Å²) in [5.41, 5.74) is 3.12. The molecule has 2 aromatic carbocycles. The van der Waals surface area contributed by atoms with Crippen LogP contribution in [0.15, 0.2) is 62.5 Å². The quantitative estimate of drug-likeness (QED) is 0.405. The molecular weight excluding hydrogens is 443 g/mol. The second-order valence-electron chi connectivity index (χ2n) is 5.19. The molecule has 1 aromatic heterocycles. The number of rotatable bonds is 4. The number of phenolic OH excluding ortho intramolecular Hbond substituents is 1. The van der Waals surface area contributed by atoms with Crippen LogP contribution in [-0.4, -0.2) is 17.2 Å². The van der Waals surface area contributed by atoms with Gasteiger partial charge in [-0.2, -0.15) is 5.10 Å². The number of carbonyl (C=O) groups excluding carboxylic acids is 1. The highest BCUT2D eigenvalue weighted by molar-refractivity contribution is 9.10. The fourth-order valence-electron chi connectivity index (χ4n) is 2.16. The molecule has 2 N–H and O–H groups in total. The van der Waals surface area contributed by atoms with Crippen molar-refractivity contribution in [1.82, 2.24) is 5.43 Å². The van der Waals surface area contributed by atoms with Crippen LogP contribution in [0.4, 0.5) is 0 Å². The molecule has 0 bridgehead atoms. The fourth-order valence-corrected chi connectivity index (χ4v) is 3.02. The van der Waals surface area contributed by atoms with Gasteiger partial charge in [0.2, 0.25) is 0 Å². The Kier molecular flexibility index (Phi) is 5.66. The van der Waals surface area contributed by atoms with E-state index in [0.717, 1.165) is 0 Å². The summed E-state index contributed by atoms with van der Waals surface area (Å²) in [4.78, 5) is 12.0. The van der Waals surface area contributed by atoms with Gasteiger partial charge in [-0.1, -0.05) is 39.1 Å². The average Bonchev–Trinajstić information content (AvgIpc) is 3.05. The van der Waals surface area contributed by atoms with Gasteiger partial charge in [0.1, 0.15) is 17.3 Å². The Morgan fingerprint density at radius 2 is 1.96 bits per heavy atom. The van der Waals surface area contributed by atoms with Gasteiger partial charge in [-0.3, -0.25) is 4.79 Å². The number of nitrogens with one attached hydrogen (secondary N) is 1. The number of hydrazone groups is 1. The summed E-state index contributed by atoms with van der Waals surface area (Å²) in [5, 5.41) is 14.6. The summed E-state index contributed by atoms with van der Waals surface area (Å²) in [6.07, 6.45) is 1.35. The number of carbonyl (C=O) groups is 1. The van der Waals surface area contributed by atoms with E-state index in [9.17, 15) is 9.90 Å². The van der Waals surface area contributed by atoms with E-state index < -0.39 is 5.91 Å². The summed E-state index contributed by atoms with van der Waals surface area (Å²) < 4.78 is 6.30. The Balaban J connectivity index is 1.71. The fraction of sp³-hybridized carbons (Fsp3) is 0. The molecule has 132 valence electrons. The molecule has 3 aromatic rings. The first kappa shape index (κ1) is 18.5. The summed E-state index contributed by atoms with van der Waals surface area (Å²) in [7, 11) is 0. The first-order chi connectivity index (χ1) is 12.4. The summed E-state index contributed by atoms with van der Waals surface area (Å²) in [5.74, 6) is 0.278. The number of benzene rings is 2. The van der Waals surface area contributed by atoms with E-state index in [1.807, 2.05) is 0 Å². The zero-order valence-corrected chi connectivity index (χ0v) is 16.1. The van der Waals surface area contributed by atoms with Crippen LogP contribution in [0, 0.1) is 0 Å². The maximum absolute atomic E-state index is 12.0. The van der Waals surface area contributed by atoms with Crippen LogP contribution in [0.2, 0.25) is 10.0 Å². The molecule has 0 unspecified atom stereocenters. The van der Waals surface area contributed by atoms with Gasteiger partial charge < -0.3 is 9.52 Å². The van der Waals surface area contributed by atoms with Gasteiger partial charge in [0.15, 0.2) is 0 Å². The van der Waals surface area contributed by atoms with E-state index in [4.69, 9.17) is 27.6 Å². The highest BCUT2D eigenvalue weighted by atomic mass is 79.9. The molecule has 26 heavy (non-hydrogen) atoms. The van der Waals surface area contributed by atoms with Crippen molar-refractivity contribution in [2.45, 2.75) is 0 Å². The molecule has 5 nitrogen and oxygen atoms in total. The lowest BCUT2D eigenvalue weighted by Gasteiger charge is -2.03. The van der Waals surface area contributed by atoms with Crippen molar-refractivity contribution in [2.75, 3.05) is 0 Å². The Labute approximate surface area is 167 Å². The van der Waals surface area contributed by atoms with Gasteiger partial charge in [-0.15, -0.1) is 0 Å². The van der Waals surface area contributed by atoms with Crippen molar-refractivity contribution < 1.29 is 14.3 Å². The smallest absolute Gasteiger partial charge is 0.275 e. The van der Waals surface area contributed by atoms with Crippen LogP contribution in [-0.2, 0) is 0 Å². The standard InChI is InChI=1S/C18H11BrCl2N2O3/c19-10-1-5-16(24)14(7-10)18(25)23-22-9-12-3-6-17(26-12)13-4-2-11(20)8-15(13)21/h1-9,24H,(H,23,25)/b22-9+. The second kappa shape index (κ2) is 7.95. The van der Waals surface area contributed by atoms with Gasteiger partial charge in [-0.25, -0.2) is 5.43 Å². The van der Waals surface area contributed by atoms with Gasteiger partial charge >= 0.3 is 0 Å². The number of hydrogen-bond donors (Lipinski definition) is 2. The van der Waals surface area contributed by atoms with Gasteiger partial charge in [0, 0.05) is 15.1 Å². The lowest BCUT2D eigenvalue weighted by Crippen LogP contribution is -2.17. The number of aromatic hydroxyl groups is 1. The normalized spacial score (nSPS) is 11.0. The minimum absolute atomic E-state index is 0.101. The maximum atomic E-state index is 12.0. The molecule has 0 spiro atoms. The van der Waals surface area contributed by atoms with Crippen LogP contribution in [0.5, 0.6) is 5.75 Å². The average molecular weight is 454 g/mol. The largest absolute Gasteiger partial charge is 0.507 e. The number of phenols is 1. The van der Waals surface area contributed by atoms with E-state index in [1.54, 1.807) is 36.4 Å². The second-order valence-corrected chi connectivity index (χ2v) is 6.95. The predicted molar refractivity (Wildman–Crippen MR) is 105 cm³/mol. The number of furan rings is 1.